The number of rotatable bonds is 4. The summed E-state index contributed by atoms with van der Waals surface area (Å²) in [4.78, 5) is 11.0. The van der Waals surface area contributed by atoms with Gasteiger partial charge < -0.3 is 15.2 Å². The van der Waals surface area contributed by atoms with E-state index in [9.17, 15) is 4.79 Å². The van der Waals surface area contributed by atoms with Crippen molar-refractivity contribution in [1.82, 2.24) is 4.57 Å². The van der Waals surface area contributed by atoms with Crippen molar-refractivity contribution in [2.75, 3.05) is 10.6 Å². The number of aromatic nitrogens is 1. The predicted molar refractivity (Wildman–Crippen MR) is 73.5 cm³/mol. The van der Waals surface area contributed by atoms with Crippen LogP contribution in [0.2, 0.25) is 0 Å². The van der Waals surface area contributed by atoms with Crippen molar-refractivity contribution in [3.8, 4) is 0 Å². The Morgan fingerprint density at radius 1 is 1.28 bits per heavy atom. The van der Waals surface area contributed by atoms with Crippen LogP contribution in [0.4, 0.5) is 11.4 Å². The van der Waals surface area contributed by atoms with Gasteiger partial charge in [-0.1, -0.05) is 6.07 Å². The minimum atomic E-state index is -0.0600. The molecule has 0 atom stereocenters. The van der Waals surface area contributed by atoms with Crippen LogP contribution in [0.15, 0.2) is 42.7 Å². The van der Waals surface area contributed by atoms with Crippen molar-refractivity contribution < 1.29 is 4.79 Å². The lowest BCUT2D eigenvalue weighted by Crippen LogP contribution is -2.06. The van der Waals surface area contributed by atoms with E-state index in [-0.39, 0.29) is 5.91 Å². The fraction of sp³-hybridized carbons (Fsp3) is 0.214. The average Bonchev–Trinajstić information content (AvgIpc) is 2.72. The molecule has 2 rings (SSSR count). The van der Waals surface area contributed by atoms with E-state index in [1.165, 1.54) is 12.5 Å². The van der Waals surface area contributed by atoms with Gasteiger partial charge in [0, 0.05) is 44.3 Å². The van der Waals surface area contributed by atoms with Crippen LogP contribution < -0.4 is 10.6 Å². The van der Waals surface area contributed by atoms with Crippen LogP contribution in [0, 0.1) is 0 Å². The summed E-state index contributed by atoms with van der Waals surface area (Å²) in [5.41, 5.74) is 3.02. The molecule has 0 aliphatic heterocycles. The van der Waals surface area contributed by atoms with Gasteiger partial charge in [-0.2, -0.15) is 0 Å². The number of nitrogens with zero attached hydrogens (tertiary/aromatic N) is 1. The molecule has 0 aliphatic rings. The van der Waals surface area contributed by atoms with E-state index >= 15 is 0 Å². The molecule has 1 amide bonds. The maximum Gasteiger partial charge on any atom is 0.221 e. The van der Waals surface area contributed by atoms with Gasteiger partial charge >= 0.3 is 0 Å². The van der Waals surface area contributed by atoms with Crippen LogP contribution in [0.5, 0.6) is 0 Å². The van der Waals surface area contributed by atoms with E-state index in [0.29, 0.717) is 0 Å². The number of hydrogen-bond donors (Lipinski definition) is 2. The Hall–Kier alpha value is -2.23. The van der Waals surface area contributed by atoms with Crippen LogP contribution in [0.25, 0.3) is 0 Å². The van der Waals surface area contributed by atoms with Crippen LogP contribution >= 0.6 is 0 Å². The highest BCUT2D eigenvalue weighted by Gasteiger charge is 1.98. The van der Waals surface area contributed by atoms with E-state index in [4.69, 9.17) is 0 Å². The van der Waals surface area contributed by atoms with E-state index < -0.39 is 0 Å². The molecule has 1 aromatic carbocycles. The predicted octanol–water partition coefficient (Wildman–Crippen LogP) is 2.60. The minimum absolute atomic E-state index is 0.0600. The van der Waals surface area contributed by atoms with Crippen molar-refractivity contribution in [2.24, 2.45) is 7.05 Å². The van der Waals surface area contributed by atoms with Crippen molar-refractivity contribution >= 4 is 17.3 Å². The highest BCUT2D eigenvalue weighted by Crippen LogP contribution is 2.16. The lowest BCUT2D eigenvalue weighted by Gasteiger charge is -2.07. The monoisotopic (exact) mass is 243 g/mol. The van der Waals surface area contributed by atoms with Gasteiger partial charge in [0.2, 0.25) is 5.91 Å². The minimum Gasteiger partial charge on any atom is -0.381 e. The summed E-state index contributed by atoms with van der Waals surface area (Å²) in [6, 6.07) is 9.76. The number of anilines is 2. The Balaban J connectivity index is 1.98. The molecule has 1 heterocycles. The number of benzene rings is 1. The topological polar surface area (TPSA) is 46.1 Å². The van der Waals surface area contributed by atoms with Gasteiger partial charge in [0.15, 0.2) is 0 Å². The molecule has 0 saturated carbocycles. The highest BCUT2D eigenvalue weighted by atomic mass is 16.1. The summed E-state index contributed by atoms with van der Waals surface area (Å²) < 4.78 is 2.02. The molecule has 18 heavy (non-hydrogen) atoms. The van der Waals surface area contributed by atoms with Crippen LogP contribution in [0.1, 0.15) is 12.5 Å². The number of nitrogens with one attached hydrogen (secondary N) is 2. The van der Waals surface area contributed by atoms with Crippen LogP contribution in [0.3, 0.4) is 0 Å². The third-order valence-electron chi connectivity index (χ3n) is 2.57. The smallest absolute Gasteiger partial charge is 0.221 e. The Kier molecular flexibility index (Phi) is 3.67. The fourth-order valence-electron chi connectivity index (χ4n) is 1.78. The Morgan fingerprint density at radius 2 is 2.06 bits per heavy atom. The normalized spacial score (nSPS) is 10.1. The van der Waals surface area contributed by atoms with Gasteiger partial charge in [0.05, 0.1) is 0 Å². The second-order valence-electron chi connectivity index (χ2n) is 4.30. The Labute approximate surface area is 107 Å². The van der Waals surface area contributed by atoms with E-state index in [0.717, 1.165) is 17.9 Å². The largest absolute Gasteiger partial charge is 0.381 e. The molecule has 2 N–H and O–H groups in total. The molecule has 2 aromatic rings. The molecule has 0 unspecified atom stereocenters. The lowest BCUT2D eigenvalue weighted by molar-refractivity contribution is -0.114. The van der Waals surface area contributed by atoms with E-state index in [1.54, 1.807) is 0 Å². The molecular formula is C14H17N3O. The van der Waals surface area contributed by atoms with Gasteiger partial charge in [-0.05, 0) is 29.8 Å². The summed E-state index contributed by atoms with van der Waals surface area (Å²) in [6.45, 7) is 2.27. The first-order chi connectivity index (χ1) is 8.63. The number of carbonyl (C=O) groups is 1. The summed E-state index contributed by atoms with van der Waals surface area (Å²) in [5, 5.41) is 6.09. The SMILES string of the molecule is CC(=O)Nc1cccc(NCc2ccn(C)c2)c1. The molecule has 0 radical (unpaired) electrons. The van der Waals surface area contributed by atoms with E-state index in [1.807, 2.05) is 42.1 Å². The summed E-state index contributed by atoms with van der Waals surface area (Å²) in [7, 11) is 2.00. The quantitative estimate of drug-likeness (QED) is 0.867. The number of hydrogen-bond acceptors (Lipinski definition) is 2. The first-order valence-electron chi connectivity index (χ1n) is 5.86. The molecule has 0 saturated heterocycles. The van der Waals surface area contributed by atoms with Gasteiger partial charge in [-0.3, -0.25) is 4.79 Å². The fourth-order valence-corrected chi connectivity index (χ4v) is 1.78. The summed E-state index contributed by atoms with van der Waals surface area (Å²) >= 11 is 0. The van der Waals surface area contributed by atoms with Gasteiger partial charge in [-0.15, -0.1) is 0 Å². The second kappa shape index (κ2) is 5.40. The molecule has 0 aliphatic carbocycles. The number of aryl methyl sites for hydroxylation is 1. The Bertz CT molecular complexity index is 545. The highest BCUT2D eigenvalue weighted by molar-refractivity contribution is 5.89. The average molecular weight is 243 g/mol. The molecule has 0 spiro atoms. The van der Waals surface area contributed by atoms with Gasteiger partial charge in [0.25, 0.3) is 0 Å². The molecule has 0 bridgehead atoms. The standard InChI is InChI=1S/C14H17N3O/c1-11(18)16-14-5-3-4-13(8-14)15-9-12-6-7-17(2)10-12/h3-8,10,15H,9H2,1-2H3,(H,16,18). The van der Waals surface area contributed by atoms with Crippen molar-refractivity contribution in [2.45, 2.75) is 13.5 Å². The third kappa shape index (κ3) is 3.38. The third-order valence-corrected chi connectivity index (χ3v) is 2.57. The summed E-state index contributed by atoms with van der Waals surface area (Å²) in [5.74, 6) is -0.0600. The van der Waals surface area contributed by atoms with Crippen LogP contribution in [-0.4, -0.2) is 10.5 Å². The van der Waals surface area contributed by atoms with Gasteiger partial charge in [0.1, 0.15) is 0 Å². The molecule has 4 heteroatoms. The van der Waals surface area contributed by atoms with E-state index in [2.05, 4.69) is 22.9 Å². The lowest BCUT2D eigenvalue weighted by atomic mass is 10.2. The molecule has 94 valence electrons. The summed E-state index contributed by atoms with van der Waals surface area (Å²) in [6.07, 6.45) is 4.09. The first-order valence-corrected chi connectivity index (χ1v) is 5.86. The Morgan fingerprint density at radius 3 is 2.72 bits per heavy atom. The maximum atomic E-state index is 11.0. The molecule has 1 aromatic heterocycles. The first kappa shape index (κ1) is 12.2. The zero-order valence-corrected chi connectivity index (χ0v) is 10.6. The zero-order chi connectivity index (χ0) is 13.0. The maximum absolute atomic E-state index is 11.0. The van der Waals surface area contributed by atoms with Crippen LogP contribution in [-0.2, 0) is 18.4 Å². The van der Waals surface area contributed by atoms with Crippen molar-refractivity contribution in [1.29, 1.82) is 0 Å². The number of carbonyl (C=O) groups excluding carboxylic acids is 1. The van der Waals surface area contributed by atoms with Crippen molar-refractivity contribution in [3.63, 3.8) is 0 Å². The molecular weight excluding hydrogens is 226 g/mol. The van der Waals surface area contributed by atoms with Crippen molar-refractivity contribution in [3.05, 3.63) is 48.3 Å². The molecule has 0 fully saturated rings. The molecule has 4 nitrogen and oxygen atoms in total. The zero-order valence-electron chi connectivity index (χ0n) is 10.6. The number of amides is 1. The van der Waals surface area contributed by atoms with Gasteiger partial charge in [-0.25, -0.2) is 0 Å². The second-order valence-corrected chi connectivity index (χ2v) is 4.30.